The topological polar surface area (TPSA) is 108 Å². The van der Waals surface area contributed by atoms with Crippen molar-refractivity contribution in [2.45, 2.75) is 26.2 Å². The number of aromatic nitrogens is 1. The van der Waals surface area contributed by atoms with Crippen LogP contribution in [0.3, 0.4) is 0 Å². The lowest BCUT2D eigenvalue weighted by Crippen LogP contribution is -2.15. The van der Waals surface area contributed by atoms with Gasteiger partial charge in [0.2, 0.25) is 0 Å². The molecule has 0 saturated carbocycles. The average molecular weight is 323 g/mol. The molecule has 6 heteroatoms. The van der Waals surface area contributed by atoms with Gasteiger partial charge in [-0.05, 0) is 55.5 Å². The number of hydrogen-bond donors (Lipinski definition) is 4. The number of hydrogen-bond acceptors (Lipinski definition) is 3. The molecule has 0 bridgehead atoms. The number of benzene rings is 1. The first kappa shape index (κ1) is 14.6. The number of aryl methyl sites for hydroxylation is 1. The fourth-order valence-electron chi connectivity index (χ4n) is 3.79. The van der Waals surface area contributed by atoms with Crippen LogP contribution in [0.1, 0.15) is 45.7 Å². The predicted molar refractivity (Wildman–Crippen MR) is 90.5 cm³/mol. The number of nitrogens with two attached hydrogens (primary N) is 1. The number of amides is 2. The number of rotatable bonds is 1. The molecule has 2 aromatic rings. The number of anilines is 1. The molecule has 122 valence electrons. The van der Waals surface area contributed by atoms with Gasteiger partial charge in [-0.2, -0.15) is 0 Å². The van der Waals surface area contributed by atoms with Gasteiger partial charge in [0.25, 0.3) is 11.8 Å². The molecular weight excluding hydrogens is 306 g/mol. The summed E-state index contributed by atoms with van der Waals surface area (Å²) >= 11 is 0. The highest BCUT2D eigenvalue weighted by Gasteiger charge is 2.32. The quantitative estimate of drug-likeness (QED) is 0.478. The molecule has 0 saturated heterocycles. The third-order valence-electron chi connectivity index (χ3n) is 4.74. The number of fused-ring (bicyclic) bond motifs is 2. The minimum Gasteiger partial charge on any atom is -0.508 e. The first-order valence-electron chi connectivity index (χ1n) is 7.87. The van der Waals surface area contributed by atoms with Crippen molar-refractivity contribution in [3.63, 3.8) is 0 Å². The third-order valence-corrected chi connectivity index (χ3v) is 4.74. The van der Waals surface area contributed by atoms with E-state index in [-0.39, 0.29) is 11.7 Å². The highest BCUT2D eigenvalue weighted by molar-refractivity contribution is 6.37. The van der Waals surface area contributed by atoms with Gasteiger partial charge < -0.3 is 21.1 Å². The Kier molecular flexibility index (Phi) is 3.03. The highest BCUT2D eigenvalue weighted by atomic mass is 16.3. The molecule has 2 aliphatic rings. The zero-order chi connectivity index (χ0) is 17.0. The number of allylic oxidation sites excluding steroid dienone is 1. The second-order valence-electron chi connectivity index (χ2n) is 6.23. The maximum Gasteiger partial charge on any atom is 0.256 e. The number of H-pyrrole nitrogens is 1. The number of aromatic amines is 1. The maximum atomic E-state index is 12.5. The number of phenolic OH excluding ortho intramolecular Hbond substituents is 1. The Morgan fingerprint density at radius 3 is 2.83 bits per heavy atom. The second kappa shape index (κ2) is 4.99. The highest BCUT2D eigenvalue weighted by Crippen LogP contribution is 2.43. The molecule has 1 aromatic heterocycles. The van der Waals surface area contributed by atoms with Gasteiger partial charge in [0.05, 0.1) is 11.1 Å². The second-order valence-corrected chi connectivity index (χ2v) is 6.23. The zero-order valence-electron chi connectivity index (χ0n) is 13.2. The van der Waals surface area contributed by atoms with E-state index < -0.39 is 5.91 Å². The van der Waals surface area contributed by atoms with Crippen LogP contribution in [-0.2, 0) is 11.2 Å². The fourth-order valence-corrected chi connectivity index (χ4v) is 3.79. The van der Waals surface area contributed by atoms with Crippen LogP contribution in [-0.4, -0.2) is 21.9 Å². The third kappa shape index (κ3) is 1.96. The van der Waals surface area contributed by atoms with Gasteiger partial charge in [0.15, 0.2) is 0 Å². The number of nitrogens with one attached hydrogen (secondary N) is 2. The molecule has 1 aliphatic carbocycles. The molecule has 5 N–H and O–H groups in total. The normalized spacial score (nSPS) is 19.0. The van der Waals surface area contributed by atoms with Crippen molar-refractivity contribution in [2.24, 2.45) is 5.73 Å². The lowest BCUT2D eigenvalue weighted by molar-refractivity contribution is -0.110. The van der Waals surface area contributed by atoms with Crippen molar-refractivity contribution in [1.29, 1.82) is 0 Å². The zero-order valence-corrected chi connectivity index (χ0v) is 13.2. The van der Waals surface area contributed by atoms with Crippen molar-refractivity contribution in [2.75, 3.05) is 5.32 Å². The molecule has 0 spiro atoms. The summed E-state index contributed by atoms with van der Waals surface area (Å²) in [5.74, 6) is -0.531. The lowest BCUT2D eigenvalue weighted by Gasteiger charge is -2.18. The van der Waals surface area contributed by atoms with E-state index in [0.717, 1.165) is 41.8 Å². The first-order valence-corrected chi connectivity index (χ1v) is 7.87. The summed E-state index contributed by atoms with van der Waals surface area (Å²) in [7, 11) is 0. The van der Waals surface area contributed by atoms with Crippen LogP contribution < -0.4 is 11.1 Å². The Morgan fingerprint density at radius 2 is 2.08 bits per heavy atom. The van der Waals surface area contributed by atoms with E-state index in [4.69, 9.17) is 5.73 Å². The summed E-state index contributed by atoms with van der Waals surface area (Å²) in [4.78, 5) is 27.5. The van der Waals surface area contributed by atoms with Crippen LogP contribution in [0.5, 0.6) is 5.75 Å². The van der Waals surface area contributed by atoms with E-state index in [1.54, 1.807) is 18.2 Å². The first-order chi connectivity index (χ1) is 11.5. The van der Waals surface area contributed by atoms with Crippen molar-refractivity contribution in [3.05, 3.63) is 46.3 Å². The van der Waals surface area contributed by atoms with Crippen molar-refractivity contribution in [3.8, 4) is 5.75 Å². The van der Waals surface area contributed by atoms with Crippen LogP contribution in [0.25, 0.3) is 11.1 Å². The number of phenols is 1. The molecule has 0 unspecified atom stereocenters. The summed E-state index contributed by atoms with van der Waals surface area (Å²) in [5.41, 5.74) is 11.3. The van der Waals surface area contributed by atoms with E-state index in [1.165, 1.54) is 0 Å². The molecule has 24 heavy (non-hydrogen) atoms. The van der Waals surface area contributed by atoms with E-state index in [0.29, 0.717) is 22.4 Å². The van der Waals surface area contributed by atoms with Gasteiger partial charge in [0, 0.05) is 22.6 Å². The molecule has 4 rings (SSSR count). The number of primary amides is 1. The van der Waals surface area contributed by atoms with Crippen molar-refractivity contribution < 1.29 is 14.7 Å². The number of carbonyl (C=O) groups excluding carboxylic acids is 2. The minimum absolute atomic E-state index is 0.111. The van der Waals surface area contributed by atoms with Gasteiger partial charge in [-0.3, -0.25) is 9.59 Å². The van der Waals surface area contributed by atoms with Crippen molar-refractivity contribution in [1.82, 2.24) is 4.98 Å². The van der Waals surface area contributed by atoms with Gasteiger partial charge in [-0.25, -0.2) is 0 Å². The lowest BCUT2D eigenvalue weighted by atomic mass is 9.86. The molecule has 2 heterocycles. The molecular formula is C18H17N3O3. The summed E-state index contributed by atoms with van der Waals surface area (Å²) in [5, 5.41) is 12.6. The summed E-state index contributed by atoms with van der Waals surface area (Å²) < 4.78 is 0. The summed E-state index contributed by atoms with van der Waals surface area (Å²) in [6.45, 7) is 1.81. The van der Waals surface area contributed by atoms with Crippen LogP contribution in [0.2, 0.25) is 0 Å². The Labute approximate surface area is 138 Å². The minimum atomic E-state index is -0.454. The van der Waals surface area contributed by atoms with E-state index in [2.05, 4.69) is 10.3 Å². The number of aromatic hydroxyl groups is 1. The molecule has 2 amide bonds. The van der Waals surface area contributed by atoms with Gasteiger partial charge in [0.1, 0.15) is 5.75 Å². The number of carbonyl (C=O) groups is 2. The van der Waals surface area contributed by atoms with Gasteiger partial charge in [-0.1, -0.05) is 0 Å². The smallest absolute Gasteiger partial charge is 0.256 e. The van der Waals surface area contributed by atoms with E-state index in [1.807, 2.05) is 6.92 Å². The SMILES string of the molecule is Cc1[nH]c2c(c1C(N)=O)CCC/C2=C1/C(=O)Nc2ccc(O)cc21. The largest absolute Gasteiger partial charge is 0.508 e. The van der Waals surface area contributed by atoms with Crippen LogP contribution in [0.15, 0.2) is 18.2 Å². The Hall–Kier alpha value is -3.02. The summed E-state index contributed by atoms with van der Waals surface area (Å²) in [6.07, 6.45) is 2.32. The predicted octanol–water partition coefficient (Wildman–Crippen LogP) is 2.33. The Balaban J connectivity index is 1.99. The Morgan fingerprint density at radius 1 is 1.29 bits per heavy atom. The molecule has 0 radical (unpaired) electrons. The van der Waals surface area contributed by atoms with Gasteiger partial charge in [-0.15, -0.1) is 0 Å². The fraction of sp³-hybridized carbons (Fsp3) is 0.222. The van der Waals surface area contributed by atoms with Crippen LogP contribution in [0.4, 0.5) is 5.69 Å². The van der Waals surface area contributed by atoms with Gasteiger partial charge >= 0.3 is 0 Å². The standard InChI is InChI=1S/C18H17N3O3/c1-8-14(17(19)23)10-3-2-4-11(16(10)20-8)15-12-7-9(22)5-6-13(12)21-18(15)24/h5-7,20,22H,2-4H2,1H3,(H2,19,23)(H,21,24)/b15-11-. The monoisotopic (exact) mass is 323 g/mol. The van der Waals surface area contributed by atoms with E-state index in [9.17, 15) is 14.7 Å². The Bertz CT molecular complexity index is 937. The molecule has 0 atom stereocenters. The molecule has 1 aromatic carbocycles. The molecule has 6 nitrogen and oxygen atoms in total. The maximum absolute atomic E-state index is 12.5. The molecule has 1 aliphatic heterocycles. The van der Waals surface area contributed by atoms with Crippen molar-refractivity contribution >= 4 is 28.6 Å². The summed E-state index contributed by atoms with van der Waals surface area (Å²) in [6, 6.07) is 4.83. The average Bonchev–Trinajstić information content (AvgIpc) is 3.02. The van der Waals surface area contributed by atoms with Crippen LogP contribution in [0, 0.1) is 6.92 Å². The van der Waals surface area contributed by atoms with Crippen LogP contribution >= 0.6 is 0 Å². The molecule has 0 fully saturated rings. The van der Waals surface area contributed by atoms with E-state index >= 15 is 0 Å².